The summed E-state index contributed by atoms with van der Waals surface area (Å²) >= 11 is 12.0. The molecule has 0 spiro atoms. The van der Waals surface area contributed by atoms with Crippen LogP contribution < -0.4 is 4.31 Å². The minimum Gasteiger partial charge on any atom is -0.339 e. The lowest BCUT2D eigenvalue weighted by Crippen LogP contribution is -2.35. The molecule has 5 nitrogen and oxygen atoms in total. The van der Waals surface area contributed by atoms with Gasteiger partial charge in [-0.05, 0) is 61.7 Å². The highest BCUT2D eigenvalue weighted by atomic mass is 35.5. The second-order valence-electron chi connectivity index (χ2n) is 6.45. The van der Waals surface area contributed by atoms with Gasteiger partial charge in [-0.1, -0.05) is 23.2 Å². The van der Waals surface area contributed by atoms with Crippen LogP contribution in [0.25, 0.3) is 0 Å². The number of halogens is 2. The number of hydrogen-bond donors (Lipinski definition) is 0. The summed E-state index contributed by atoms with van der Waals surface area (Å²) in [5.74, 6) is -0.169. The first kappa shape index (κ1) is 20.0. The van der Waals surface area contributed by atoms with Crippen LogP contribution in [0, 0.1) is 0 Å². The fourth-order valence-corrected chi connectivity index (χ4v) is 4.87. The molecule has 0 N–H and O–H groups in total. The van der Waals surface area contributed by atoms with E-state index in [1.54, 1.807) is 35.2 Å². The van der Waals surface area contributed by atoms with Gasteiger partial charge in [-0.25, -0.2) is 8.42 Å². The van der Waals surface area contributed by atoms with Crippen molar-refractivity contribution in [3.05, 3.63) is 58.1 Å². The van der Waals surface area contributed by atoms with E-state index in [2.05, 4.69) is 0 Å². The number of amides is 1. The number of carbonyl (C=O) groups is 1. The Kier molecular flexibility index (Phi) is 5.99. The number of anilines is 1. The van der Waals surface area contributed by atoms with Crippen molar-refractivity contribution in [1.82, 2.24) is 4.90 Å². The first-order chi connectivity index (χ1) is 12.8. The molecule has 1 fully saturated rings. The van der Waals surface area contributed by atoms with Gasteiger partial charge in [0.25, 0.3) is 15.9 Å². The molecule has 2 aromatic rings. The van der Waals surface area contributed by atoms with E-state index < -0.39 is 10.0 Å². The summed E-state index contributed by atoms with van der Waals surface area (Å²) in [6, 6.07) is 10.8. The summed E-state index contributed by atoms with van der Waals surface area (Å²) in [5.41, 5.74) is 0.771. The standard InChI is InChI=1S/C19H20Cl2N2O3S/c1-22(16-8-6-15(20)7-9-16)27(25,26)18-13-14(5-10-17(18)21)19(24)23-11-3-2-4-12-23/h5-10,13H,2-4,11-12H2,1H3. The molecule has 0 unspecified atom stereocenters. The minimum atomic E-state index is -3.93. The van der Waals surface area contributed by atoms with E-state index in [-0.39, 0.29) is 15.8 Å². The maximum absolute atomic E-state index is 13.1. The lowest BCUT2D eigenvalue weighted by Gasteiger charge is -2.27. The van der Waals surface area contributed by atoms with Crippen molar-refractivity contribution in [2.75, 3.05) is 24.4 Å². The average molecular weight is 427 g/mol. The molecule has 0 radical (unpaired) electrons. The van der Waals surface area contributed by atoms with E-state index in [9.17, 15) is 13.2 Å². The Labute approximate surface area is 169 Å². The van der Waals surface area contributed by atoms with Crippen LogP contribution in [0.1, 0.15) is 29.6 Å². The van der Waals surface area contributed by atoms with E-state index >= 15 is 0 Å². The quantitative estimate of drug-likeness (QED) is 0.725. The Bertz CT molecular complexity index is 940. The SMILES string of the molecule is CN(c1ccc(Cl)cc1)S(=O)(=O)c1cc(C(=O)N2CCCCC2)ccc1Cl. The molecule has 27 heavy (non-hydrogen) atoms. The molecule has 0 atom stereocenters. The highest BCUT2D eigenvalue weighted by Gasteiger charge is 2.27. The number of piperidine rings is 1. The molecular weight excluding hydrogens is 407 g/mol. The third-order valence-electron chi connectivity index (χ3n) is 4.65. The maximum atomic E-state index is 13.1. The van der Waals surface area contributed by atoms with E-state index in [0.29, 0.717) is 29.4 Å². The van der Waals surface area contributed by atoms with Crippen molar-refractivity contribution in [3.8, 4) is 0 Å². The summed E-state index contributed by atoms with van der Waals surface area (Å²) in [7, 11) is -2.50. The van der Waals surface area contributed by atoms with Gasteiger partial charge in [0, 0.05) is 30.7 Å². The lowest BCUT2D eigenvalue weighted by molar-refractivity contribution is 0.0724. The third kappa shape index (κ3) is 4.23. The molecule has 144 valence electrons. The van der Waals surface area contributed by atoms with Crippen molar-refractivity contribution >= 4 is 44.8 Å². The fraction of sp³-hybridized carbons (Fsp3) is 0.316. The fourth-order valence-electron chi connectivity index (χ4n) is 3.05. The highest BCUT2D eigenvalue weighted by molar-refractivity contribution is 7.93. The zero-order valence-electron chi connectivity index (χ0n) is 14.9. The molecule has 8 heteroatoms. The second kappa shape index (κ2) is 8.09. The van der Waals surface area contributed by atoms with Crippen molar-refractivity contribution in [2.45, 2.75) is 24.2 Å². The maximum Gasteiger partial charge on any atom is 0.265 e. The van der Waals surface area contributed by atoms with Gasteiger partial charge in [0.2, 0.25) is 0 Å². The van der Waals surface area contributed by atoms with Gasteiger partial charge in [0.05, 0.1) is 10.7 Å². The number of likely N-dealkylation sites (tertiary alicyclic amines) is 1. The molecular formula is C19H20Cl2N2O3S. The Balaban J connectivity index is 1.94. The Morgan fingerprint density at radius 3 is 2.26 bits per heavy atom. The predicted molar refractivity (Wildman–Crippen MR) is 108 cm³/mol. The van der Waals surface area contributed by atoms with Gasteiger partial charge in [0.15, 0.2) is 0 Å². The molecule has 2 aromatic carbocycles. The molecule has 0 aliphatic carbocycles. The van der Waals surface area contributed by atoms with Gasteiger partial charge >= 0.3 is 0 Å². The average Bonchev–Trinajstić information content (AvgIpc) is 2.68. The molecule has 1 aliphatic rings. The number of nitrogens with zero attached hydrogens (tertiary/aromatic N) is 2. The van der Waals surface area contributed by atoms with Gasteiger partial charge in [-0.2, -0.15) is 0 Å². The predicted octanol–water partition coefficient (Wildman–Crippen LogP) is 4.44. The molecule has 0 saturated carbocycles. The van der Waals surface area contributed by atoms with Crippen molar-refractivity contribution in [2.24, 2.45) is 0 Å². The zero-order chi connectivity index (χ0) is 19.6. The van der Waals surface area contributed by atoms with Crippen LogP contribution >= 0.6 is 23.2 Å². The normalized spacial score (nSPS) is 14.9. The summed E-state index contributed by atoms with van der Waals surface area (Å²) in [5, 5.41) is 0.586. The summed E-state index contributed by atoms with van der Waals surface area (Å²) in [6.45, 7) is 1.38. The number of carbonyl (C=O) groups excluding carboxylic acids is 1. The third-order valence-corrected chi connectivity index (χ3v) is 7.17. The Morgan fingerprint density at radius 2 is 1.63 bits per heavy atom. The van der Waals surface area contributed by atoms with Crippen LogP contribution in [0.2, 0.25) is 10.0 Å². The smallest absolute Gasteiger partial charge is 0.265 e. The molecule has 1 amide bonds. The minimum absolute atomic E-state index is 0.0750. The van der Waals surface area contributed by atoms with E-state index in [4.69, 9.17) is 23.2 Å². The second-order valence-corrected chi connectivity index (χ2v) is 9.23. The van der Waals surface area contributed by atoms with Gasteiger partial charge in [-0.15, -0.1) is 0 Å². The van der Waals surface area contributed by atoms with Crippen LogP contribution in [0.4, 0.5) is 5.69 Å². The monoisotopic (exact) mass is 426 g/mol. The molecule has 1 heterocycles. The number of sulfonamides is 1. The number of hydrogen-bond acceptors (Lipinski definition) is 3. The Hall–Kier alpha value is -1.76. The molecule has 0 bridgehead atoms. The summed E-state index contributed by atoms with van der Waals surface area (Å²) < 4.78 is 27.3. The topological polar surface area (TPSA) is 57.7 Å². The first-order valence-electron chi connectivity index (χ1n) is 8.64. The van der Waals surface area contributed by atoms with E-state index in [0.717, 1.165) is 23.6 Å². The van der Waals surface area contributed by atoms with E-state index in [1.807, 2.05) is 0 Å². The molecule has 1 saturated heterocycles. The van der Waals surface area contributed by atoms with E-state index in [1.165, 1.54) is 19.2 Å². The first-order valence-corrected chi connectivity index (χ1v) is 10.8. The lowest BCUT2D eigenvalue weighted by atomic mass is 10.1. The largest absolute Gasteiger partial charge is 0.339 e. The van der Waals surface area contributed by atoms with Crippen molar-refractivity contribution in [3.63, 3.8) is 0 Å². The number of benzene rings is 2. The van der Waals surface area contributed by atoms with Crippen LogP contribution in [-0.2, 0) is 10.0 Å². The highest BCUT2D eigenvalue weighted by Crippen LogP contribution is 2.29. The summed E-state index contributed by atoms with van der Waals surface area (Å²) in [6.07, 6.45) is 3.03. The van der Waals surface area contributed by atoms with Gasteiger partial charge in [0.1, 0.15) is 4.90 Å². The van der Waals surface area contributed by atoms with Crippen LogP contribution in [0.5, 0.6) is 0 Å². The van der Waals surface area contributed by atoms with Crippen molar-refractivity contribution < 1.29 is 13.2 Å². The molecule has 3 rings (SSSR count). The van der Waals surface area contributed by atoms with Crippen LogP contribution in [-0.4, -0.2) is 39.4 Å². The van der Waals surface area contributed by atoms with Crippen LogP contribution in [0.3, 0.4) is 0 Å². The van der Waals surface area contributed by atoms with Gasteiger partial charge < -0.3 is 4.90 Å². The molecule has 0 aromatic heterocycles. The summed E-state index contributed by atoms with van der Waals surface area (Å²) in [4.78, 5) is 14.4. The van der Waals surface area contributed by atoms with Crippen molar-refractivity contribution in [1.29, 1.82) is 0 Å². The van der Waals surface area contributed by atoms with Crippen LogP contribution in [0.15, 0.2) is 47.4 Å². The van der Waals surface area contributed by atoms with Gasteiger partial charge in [-0.3, -0.25) is 9.10 Å². The Morgan fingerprint density at radius 1 is 1.00 bits per heavy atom. The molecule has 1 aliphatic heterocycles. The zero-order valence-corrected chi connectivity index (χ0v) is 17.2. The number of rotatable bonds is 4.